The van der Waals surface area contributed by atoms with Gasteiger partial charge in [0.15, 0.2) is 0 Å². The molecule has 1 unspecified atom stereocenters. The summed E-state index contributed by atoms with van der Waals surface area (Å²) < 4.78 is 32.2. The lowest BCUT2D eigenvalue weighted by molar-refractivity contribution is 0.412. The van der Waals surface area contributed by atoms with Gasteiger partial charge < -0.3 is 4.57 Å². The molecule has 0 radical (unpaired) electrons. The fourth-order valence-electron chi connectivity index (χ4n) is 6.04. The average molecular weight is 572 g/mol. The van der Waals surface area contributed by atoms with Crippen molar-refractivity contribution < 1.29 is 8.42 Å². The summed E-state index contributed by atoms with van der Waals surface area (Å²) in [5.74, 6) is 0. The van der Waals surface area contributed by atoms with Crippen molar-refractivity contribution in [2.45, 2.75) is 50.1 Å². The Kier molecular flexibility index (Phi) is 6.66. The van der Waals surface area contributed by atoms with Gasteiger partial charge in [0.25, 0.3) is 15.6 Å². The molecule has 2 aromatic carbocycles. The number of sulfonamides is 1. The minimum absolute atomic E-state index is 0.0268. The first kappa shape index (κ1) is 27.1. The third-order valence-corrected chi connectivity index (χ3v) is 9.80. The summed E-state index contributed by atoms with van der Waals surface area (Å²) in [6.07, 6.45) is 6.34. The Labute approximate surface area is 238 Å². The van der Waals surface area contributed by atoms with E-state index in [1.807, 2.05) is 49.1 Å². The summed E-state index contributed by atoms with van der Waals surface area (Å²) in [6, 6.07) is 17.9. The number of fused-ring (bicyclic) bond motifs is 1. The van der Waals surface area contributed by atoms with Crippen LogP contribution in [0.2, 0.25) is 0 Å². The normalized spacial score (nSPS) is 18.1. The van der Waals surface area contributed by atoms with Crippen molar-refractivity contribution in [3.05, 3.63) is 100 Å². The fraction of sp³-hybridized carbons (Fsp3) is 0.333. The van der Waals surface area contributed by atoms with Crippen LogP contribution < -0.4 is 5.56 Å². The van der Waals surface area contributed by atoms with Gasteiger partial charge in [-0.05, 0) is 68.5 Å². The number of aryl methyl sites for hydroxylation is 2. The van der Waals surface area contributed by atoms with Gasteiger partial charge in [0, 0.05) is 49.2 Å². The Morgan fingerprint density at radius 3 is 2.51 bits per heavy atom. The van der Waals surface area contributed by atoms with Crippen molar-refractivity contribution in [3.63, 3.8) is 0 Å². The molecule has 212 valence electrons. The van der Waals surface area contributed by atoms with Crippen molar-refractivity contribution in [3.8, 4) is 5.69 Å². The highest BCUT2D eigenvalue weighted by Gasteiger charge is 2.45. The van der Waals surface area contributed by atoms with Gasteiger partial charge in [-0.1, -0.05) is 30.3 Å². The van der Waals surface area contributed by atoms with Crippen LogP contribution in [0.1, 0.15) is 43.0 Å². The molecular formula is C30H33N7O3S. The zero-order valence-corrected chi connectivity index (χ0v) is 24.4. The van der Waals surface area contributed by atoms with Crippen LogP contribution in [0.5, 0.6) is 0 Å². The van der Waals surface area contributed by atoms with Crippen molar-refractivity contribution in [1.82, 2.24) is 33.6 Å². The van der Waals surface area contributed by atoms with Crippen LogP contribution in [0.4, 0.5) is 0 Å². The maximum atomic E-state index is 13.5. The fourth-order valence-corrected chi connectivity index (χ4v) is 7.45. The van der Waals surface area contributed by atoms with E-state index < -0.39 is 15.4 Å². The van der Waals surface area contributed by atoms with E-state index in [0.29, 0.717) is 25.9 Å². The second-order valence-electron chi connectivity index (χ2n) is 11.2. The van der Waals surface area contributed by atoms with E-state index in [0.717, 1.165) is 33.3 Å². The first-order valence-electron chi connectivity index (χ1n) is 13.7. The Morgan fingerprint density at radius 1 is 1.02 bits per heavy atom. The van der Waals surface area contributed by atoms with Gasteiger partial charge in [0.05, 0.1) is 23.6 Å². The topological polar surface area (TPSA) is 108 Å². The molecule has 1 aliphatic rings. The van der Waals surface area contributed by atoms with Gasteiger partial charge >= 0.3 is 0 Å². The Bertz CT molecular complexity index is 1910. The molecule has 1 atom stereocenters. The summed E-state index contributed by atoms with van der Waals surface area (Å²) in [7, 11) is -2.19. The third kappa shape index (κ3) is 4.78. The lowest BCUT2D eigenvalue weighted by Gasteiger charge is -2.32. The highest BCUT2D eigenvalue weighted by atomic mass is 32.2. The van der Waals surface area contributed by atoms with Gasteiger partial charge in [-0.25, -0.2) is 13.1 Å². The molecule has 6 rings (SSSR count). The molecule has 11 heteroatoms. The summed E-state index contributed by atoms with van der Waals surface area (Å²) in [6.45, 7) is 6.75. The first-order valence-corrected chi connectivity index (χ1v) is 15.1. The van der Waals surface area contributed by atoms with E-state index in [1.165, 1.54) is 11.0 Å². The Balaban J connectivity index is 1.44. The number of pyridine rings is 1. The van der Waals surface area contributed by atoms with Crippen LogP contribution in [0.25, 0.3) is 16.6 Å². The minimum atomic E-state index is -3.80. The predicted octanol–water partition coefficient (Wildman–Crippen LogP) is 3.78. The van der Waals surface area contributed by atoms with Crippen molar-refractivity contribution in [2.75, 3.05) is 13.1 Å². The van der Waals surface area contributed by atoms with Crippen LogP contribution in [0.3, 0.4) is 0 Å². The molecule has 0 aliphatic carbocycles. The number of hydrogen-bond acceptors (Lipinski definition) is 6. The molecule has 0 saturated carbocycles. The molecule has 1 saturated heterocycles. The SMILES string of the molecule is Cc1cc2c(cnn2-c2ccc(=O)n(C(C)C)c2)cc1C1(Cc2ccccc2)CCN(S(=O)(=O)c2cnn(C)n2)C1. The standard InChI is InChI=1S/C30H33N7O3S/c1-21(2)36-19-25(10-11-29(36)38)37-27-14-22(3)26(15-24(27)17-32-37)30(16-23-8-6-5-7-9-23)12-13-35(20-30)41(39,40)28-18-31-34(4)33-28/h5-11,14-15,17-19,21H,12-13,16,20H2,1-4H3. The monoisotopic (exact) mass is 571 g/mol. The molecule has 0 bridgehead atoms. The van der Waals surface area contributed by atoms with Gasteiger partial charge in [0.2, 0.25) is 5.03 Å². The van der Waals surface area contributed by atoms with Crippen LogP contribution in [-0.2, 0) is 28.9 Å². The molecule has 1 fully saturated rings. The zero-order chi connectivity index (χ0) is 28.9. The van der Waals surface area contributed by atoms with Gasteiger partial charge in [0.1, 0.15) is 0 Å². The molecular weight excluding hydrogens is 538 g/mol. The molecule has 4 heterocycles. The molecule has 41 heavy (non-hydrogen) atoms. The maximum absolute atomic E-state index is 13.5. The molecule has 0 spiro atoms. The third-order valence-electron chi connectivity index (χ3n) is 8.10. The number of benzene rings is 2. The van der Waals surface area contributed by atoms with Crippen molar-refractivity contribution in [2.24, 2.45) is 7.05 Å². The lowest BCUT2D eigenvalue weighted by atomic mass is 9.73. The number of hydrogen-bond donors (Lipinski definition) is 0. The Morgan fingerprint density at radius 2 is 1.80 bits per heavy atom. The van der Waals surface area contributed by atoms with Crippen molar-refractivity contribution in [1.29, 1.82) is 0 Å². The number of aromatic nitrogens is 6. The van der Waals surface area contributed by atoms with Gasteiger partial charge in [-0.15, -0.1) is 5.10 Å². The Hall–Kier alpha value is -4.09. The predicted molar refractivity (Wildman–Crippen MR) is 157 cm³/mol. The zero-order valence-electron chi connectivity index (χ0n) is 23.6. The summed E-state index contributed by atoms with van der Waals surface area (Å²) in [4.78, 5) is 13.6. The van der Waals surface area contributed by atoms with Crippen LogP contribution in [0.15, 0.2) is 83.0 Å². The molecule has 0 amide bonds. The van der Waals surface area contributed by atoms with Crippen LogP contribution >= 0.6 is 0 Å². The number of nitrogens with zero attached hydrogens (tertiary/aromatic N) is 7. The summed E-state index contributed by atoms with van der Waals surface area (Å²) in [5.41, 5.74) is 4.56. The van der Waals surface area contributed by atoms with Crippen LogP contribution in [-0.4, -0.2) is 55.2 Å². The highest BCUT2D eigenvalue weighted by Crippen LogP contribution is 2.42. The minimum Gasteiger partial charge on any atom is -0.311 e. The smallest absolute Gasteiger partial charge is 0.264 e. The van der Waals surface area contributed by atoms with E-state index in [-0.39, 0.29) is 16.6 Å². The van der Waals surface area contributed by atoms with Gasteiger partial charge in [-0.3, -0.25) is 4.79 Å². The van der Waals surface area contributed by atoms with Gasteiger partial charge in [-0.2, -0.15) is 19.3 Å². The summed E-state index contributed by atoms with van der Waals surface area (Å²) in [5, 5.41) is 13.7. The largest absolute Gasteiger partial charge is 0.311 e. The van der Waals surface area contributed by atoms with E-state index in [9.17, 15) is 13.2 Å². The quantitative estimate of drug-likeness (QED) is 0.294. The van der Waals surface area contributed by atoms with Crippen molar-refractivity contribution >= 4 is 20.9 Å². The second kappa shape index (κ2) is 10.1. The summed E-state index contributed by atoms with van der Waals surface area (Å²) >= 11 is 0. The van der Waals surface area contributed by atoms with E-state index in [1.54, 1.807) is 28.1 Å². The highest BCUT2D eigenvalue weighted by molar-refractivity contribution is 7.89. The van der Waals surface area contributed by atoms with Crippen LogP contribution in [0, 0.1) is 6.92 Å². The van der Waals surface area contributed by atoms with E-state index in [2.05, 4.69) is 46.5 Å². The second-order valence-corrected chi connectivity index (χ2v) is 13.1. The first-order chi connectivity index (χ1) is 19.6. The molecule has 1 aliphatic heterocycles. The molecule has 5 aromatic rings. The number of rotatable bonds is 7. The lowest BCUT2D eigenvalue weighted by Crippen LogP contribution is -2.36. The molecule has 3 aromatic heterocycles. The maximum Gasteiger partial charge on any atom is 0.264 e. The van der Waals surface area contributed by atoms with E-state index >= 15 is 0 Å². The van der Waals surface area contributed by atoms with E-state index in [4.69, 9.17) is 0 Å². The molecule has 0 N–H and O–H groups in total. The molecule has 10 nitrogen and oxygen atoms in total. The average Bonchev–Trinajstić information content (AvgIpc) is 3.68.